The van der Waals surface area contributed by atoms with Crippen LogP contribution in [0, 0.1) is 0 Å². The van der Waals surface area contributed by atoms with Crippen LogP contribution < -0.4 is 16.4 Å². The monoisotopic (exact) mass is 207 g/mol. The minimum absolute atomic E-state index is 0. The van der Waals surface area contributed by atoms with Crippen LogP contribution >= 0.6 is 12.4 Å². The fourth-order valence-corrected chi connectivity index (χ4v) is 1.23. The Bertz CT molecular complexity index is 192. The molecule has 2 amide bonds. The predicted octanol–water partition coefficient (Wildman–Crippen LogP) is -1.24. The zero-order chi connectivity index (χ0) is 8.97. The van der Waals surface area contributed by atoms with Gasteiger partial charge in [0.25, 0.3) is 0 Å². The lowest BCUT2D eigenvalue weighted by Crippen LogP contribution is -2.49. The third-order valence-corrected chi connectivity index (χ3v) is 1.86. The normalized spacial score (nSPS) is 21.4. The van der Waals surface area contributed by atoms with Crippen molar-refractivity contribution in [3.8, 4) is 0 Å². The minimum Gasteiger partial charge on any atom is -0.361 e. The van der Waals surface area contributed by atoms with E-state index >= 15 is 0 Å². The molecule has 6 heteroatoms. The molecule has 0 saturated carbocycles. The topological polar surface area (TPSA) is 84.2 Å². The molecule has 0 aliphatic carbocycles. The van der Waals surface area contributed by atoms with Gasteiger partial charge < -0.3 is 16.4 Å². The van der Waals surface area contributed by atoms with Gasteiger partial charge in [0.05, 0.1) is 0 Å². The highest BCUT2D eigenvalue weighted by atomic mass is 35.5. The van der Waals surface area contributed by atoms with Crippen molar-refractivity contribution in [3.05, 3.63) is 0 Å². The molecular formula is C7H14ClN3O2. The van der Waals surface area contributed by atoms with E-state index in [1.807, 2.05) is 0 Å². The Kier molecular flexibility index (Phi) is 5.41. The lowest BCUT2D eigenvalue weighted by Gasteiger charge is -2.22. The largest absolute Gasteiger partial charge is 0.361 e. The van der Waals surface area contributed by atoms with Gasteiger partial charge in [-0.15, -0.1) is 12.4 Å². The SMILES string of the molecule is Cl.NC(=O)C(=O)N[C@@H]1CCCNC1. The minimum atomic E-state index is -0.916. The summed E-state index contributed by atoms with van der Waals surface area (Å²) in [6, 6.07) is 0.0544. The fraction of sp³-hybridized carbons (Fsp3) is 0.714. The van der Waals surface area contributed by atoms with Crippen LogP contribution in [0.15, 0.2) is 0 Å². The van der Waals surface area contributed by atoms with Gasteiger partial charge in [0.1, 0.15) is 0 Å². The van der Waals surface area contributed by atoms with E-state index in [1.165, 1.54) is 0 Å². The van der Waals surface area contributed by atoms with Gasteiger partial charge in [0.15, 0.2) is 0 Å². The van der Waals surface area contributed by atoms with E-state index < -0.39 is 11.8 Å². The number of amides is 2. The molecule has 0 aromatic rings. The van der Waals surface area contributed by atoms with Crippen molar-refractivity contribution in [1.29, 1.82) is 0 Å². The Morgan fingerprint density at radius 3 is 2.62 bits per heavy atom. The van der Waals surface area contributed by atoms with Crippen molar-refractivity contribution in [3.63, 3.8) is 0 Å². The van der Waals surface area contributed by atoms with Gasteiger partial charge in [0.2, 0.25) is 0 Å². The first kappa shape index (κ1) is 12.2. The fourth-order valence-electron chi connectivity index (χ4n) is 1.23. The van der Waals surface area contributed by atoms with Crippen molar-refractivity contribution < 1.29 is 9.59 Å². The summed E-state index contributed by atoms with van der Waals surface area (Å²) in [6.07, 6.45) is 1.93. The molecule has 1 rings (SSSR count). The number of primary amides is 1. The van der Waals surface area contributed by atoms with Gasteiger partial charge in [0, 0.05) is 12.6 Å². The number of carbonyl (C=O) groups is 2. The molecule has 0 aromatic carbocycles. The number of carbonyl (C=O) groups excluding carboxylic acids is 2. The maximum atomic E-state index is 10.8. The lowest BCUT2D eigenvalue weighted by atomic mass is 10.1. The van der Waals surface area contributed by atoms with Crippen LogP contribution in [0.1, 0.15) is 12.8 Å². The first-order valence-corrected chi connectivity index (χ1v) is 4.01. The summed E-state index contributed by atoms with van der Waals surface area (Å²) in [5.74, 6) is -1.61. The summed E-state index contributed by atoms with van der Waals surface area (Å²) in [7, 11) is 0. The highest BCUT2D eigenvalue weighted by Gasteiger charge is 2.17. The average Bonchev–Trinajstić information content (AvgIpc) is 2.06. The summed E-state index contributed by atoms with van der Waals surface area (Å²) in [6.45, 7) is 1.70. The Morgan fingerprint density at radius 2 is 2.15 bits per heavy atom. The first-order chi connectivity index (χ1) is 5.70. The first-order valence-electron chi connectivity index (χ1n) is 4.01. The van der Waals surface area contributed by atoms with Gasteiger partial charge in [-0.1, -0.05) is 0 Å². The van der Waals surface area contributed by atoms with Crippen molar-refractivity contribution in [2.24, 2.45) is 5.73 Å². The molecule has 1 fully saturated rings. The predicted molar refractivity (Wildman–Crippen MR) is 50.5 cm³/mol. The van der Waals surface area contributed by atoms with Gasteiger partial charge in [-0.25, -0.2) is 0 Å². The standard InChI is InChI=1S/C7H13N3O2.ClH/c8-6(11)7(12)10-5-2-1-3-9-4-5;/h5,9H,1-4H2,(H2,8,11)(H,10,12);1H/t5-;/m1./s1. The molecule has 0 radical (unpaired) electrons. The maximum Gasteiger partial charge on any atom is 0.309 e. The number of rotatable bonds is 1. The van der Waals surface area contributed by atoms with Crippen LogP contribution in [-0.4, -0.2) is 30.9 Å². The van der Waals surface area contributed by atoms with Gasteiger partial charge in [-0.05, 0) is 19.4 Å². The molecule has 1 atom stereocenters. The average molecular weight is 208 g/mol. The molecule has 0 bridgehead atoms. The van der Waals surface area contributed by atoms with E-state index in [9.17, 15) is 9.59 Å². The molecule has 1 saturated heterocycles. The lowest BCUT2D eigenvalue weighted by molar-refractivity contribution is -0.137. The number of hydrogen-bond donors (Lipinski definition) is 3. The molecule has 4 N–H and O–H groups in total. The molecule has 1 aliphatic heterocycles. The number of nitrogens with one attached hydrogen (secondary N) is 2. The summed E-state index contributed by atoms with van der Waals surface area (Å²) >= 11 is 0. The van der Waals surface area contributed by atoms with Crippen LogP contribution in [0.4, 0.5) is 0 Å². The third-order valence-electron chi connectivity index (χ3n) is 1.86. The summed E-state index contributed by atoms with van der Waals surface area (Å²) in [5.41, 5.74) is 4.78. The van der Waals surface area contributed by atoms with E-state index in [0.717, 1.165) is 25.9 Å². The number of halogens is 1. The zero-order valence-electron chi connectivity index (χ0n) is 7.21. The number of nitrogens with two attached hydrogens (primary N) is 1. The number of piperidine rings is 1. The Hall–Kier alpha value is -0.810. The number of hydrogen-bond acceptors (Lipinski definition) is 3. The van der Waals surface area contributed by atoms with Crippen LogP contribution in [0.3, 0.4) is 0 Å². The van der Waals surface area contributed by atoms with Crippen molar-refractivity contribution >= 4 is 24.2 Å². The van der Waals surface area contributed by atoms with Crippen molar-refractivity contribution in [1.82, 2.24) is 10.6 Å². The quantitative estimate of drug-likeness (QED) is 0.471. The van der Waals surface area contributed by atoms with E-state index in [0.29, 0.717) is 0 Å². The van der Waals surface area contributed by atoms with E-state index in [-0.39, 0.29) is 18.4 Å². The third kappa shape index (κ3) is 4.10. The van der Waals surface area contributed by atoms with Gasteiger partial charge >= 0.3 is 11.8 Å². The van der Waals surface area contributed by atoms with Gasteiger partial charge in [-0.2, -0.15) is 0 Å². The van der Waals surface area contributed by atoms with Crippen molar-refractivity contribution in [2.75, 3.05) is 13.1 Å². The molecule has 1 heterocycles. The molecular weight excluding hydrogens is 194 g/mol. The Morgan fingerprint density at radius 1 is 1.46 bits per heavy atom. The second-order valence-corrected chi connectivity index (χ2v) is 2.88. The van der Waals surface area contributed by atoms with Gasteiger partial charge in [-0.3, -0.25) is 9.59 Å². The molecule has 0 aromatic heterocycles. The highest BCUT2D eigenvalue weighted by Crippen LogP contribution is 2.00. The Labute approximate surface area is 82.8 Å². The zero-order valence-corrected chi connectivity index (χ0v) is 8.02. The highest BCUT2D eigenvalue weighted by molar-refractivity contribution is 6.34. The molecule has 0 spiro atoms. The maximum absolute atomic E-state index is 10.8. The van der Waals surface area contributed by atoms with Crippen LogP contribution in [-0.2, 0) is 9.59 Å². The molecule has 1 aliphatic rings. The van der Waals surface area contributed by atoms with Crippen LogP contribution in [0.25, 0.3) is 0 Å². The van der Waals surface area contributed by atoms with E-state index in [2.05, 4.69) is 10.6 Å². The van der Waals surface area contributed by atoms with Crippen molar-refractivity contribution in [2.45, 2.75) is 18.9 Å². The van der Waals surface area contributed by atoms with E-state index in [1.54, 1.807) is 0 Å². The molecule has 5 nitrogen and oxygen atoms in total. The Balaban J connectivity index is 0.00000144. The molecule has 0 unspecified atom stereocenters. The second-order valence-electron chi connectivity index (χ2n) is 2.88. The molecule has 13 heavy (non-hydrogen) atoms. The van der Waals surface area contributed by atoms with Crippen LogP contribution in [0.2, 0.25) is 0 Å². The molecule has 76 valence electrons. The second kappa shape index (κ2) is 5.77. The van der Waals surface area contributed by atoms with Crippen LogP contribution in [0.5, 0.6) is 0 Å². The summed E-state index contributed by atoms with van der Waals surface area (Å²) in [4.78, 5) is 21.2. The summed E-state index contributed by atoms with van der Waals surface area (Å²) in [5, 5.41) is 5.65. The summed E-state index contributed by atoms with van der Waals surface area (Å²) < 4.78 is 0. The van der Waals surface area contributed by atoms with E-state index in [4.69, 9.17) is 5.73 Å². The smallest absolute Gasteiger partial charge is 0.309 e.